The first-order chi connectivity index (χ1) is 8.39. The van der Waals surface area contributed by atoms with Gasteiger partial charge in [-0.3, -0.25) is 4.79 Å². The van der Waals surface area contributed by atoms with Crippen molar-refractivity contribution in [1.29, 1.82) is 0 Å². The summed E-state index contributed by atoms with van der Waals surface area (Å²) in [5, 5.41) is 9.25. The predicted octanol–water partition coefficient (Wildman–Crippen LogP) is 1.31. The Morgan fingerprint density at radius 2 is 1.94 bits per heavy atom. The Labute approximate surface area is 106 Å². The average molecular weight is 269 g/mol. The molecule has 5 nitrogen and oxygen atoms in total. The summed E-state index contributed by atoms with van der Waals surface area (Å²) in [4.78, 5) is 11.4. The summed E-state index contributed by atoms with van der Waals surface area (Å²) in [5.41, 5.74) is -1.34. The molecule has 0 amide bonds. The third-order valence-corrected chi connectivity index (χ3v) is 5.40. The van der Waals surface area contributed by atoms with E-state index < -0.39 is 21.5 Å². The highest BCUT2D eigenvalue weighted by Crippen LogP contribution is 2.34. The Bertz CT molecular complexity index is 555. The third-order valence-electron chi connectivity index (χ3n) is 3.37. The number of carboxylic acid groups (broad SMARTS) is 1. The zero-order valence-electron chi connectivity index (χ0n) is 10.0. The lowest BCUT2D eigenvalue weighted by Crippen LogP contribution is -2.50. The van der Waals surface area contributed by atoms with Crippen molar-refractivity contribution in [3.8, 4) is 0 Å². The Balaban J connectivity index is 2.46. The Morgan fingerprint density at radius 3 is 2.50 bits per heavy atom. The van der Waals surface area contributed by atoms with Gasteiger partial charge >= 0.3 is 5.97 Å². The lowest BCUT2D eigenvalue weighted by molar-refractivity contribution is -0.146. The van der Waals surface area contributed by atoms with Crippen LogP contribution in [0.2, 0.25) is 0 Å². The van der Waals surface area contributed by atoms with Crippen molar-refractivity contribution in [3.63, 3.8) is 0 Å². The number of aliphatic carboxylic acids is 1. The minimum Gasteiger partial charge on any atom is -0.480 e. The van der Waals surface area contributed by atoms with Gasteiger partial charge in [-0.1, -0.05) is 18.2 Å². The minimum atomic E-state index is -3.74. The second kappa shape index (κ2) is 4.37. The summed E-state index contributed by atoms with van der Waals surface area (Å²) in [6.45, 7) is 1.71. The van der Waals surface area contributed by atoms with Crippen molar-refractivity contribution in [3.05, 3.63) is 30.3 Å². The van der Waals surface area contributed by atoms with Crippen LogP contribution in [-0.2, 0) is 14.8 Å². The maximum Gasteiger partial charge on any atom is 0.324 e. The molecule has 1 aromatic rings. The highest BCUT2D eigenvalue weighted by molar-refractivity contribution is 7.89. The maximum absolute atomic E-state index is 12.4. The summed E-state index contributed by atoms with van der Waals surface area (Å²) in [6, 6.07) is 7.94. The highest BCUT2D eigenvalue weighted by Gasteiger charge is 2.49. The molecule has 98 valence electrons. The lowest BCUT2D eigenvalue weighted by Gasteiger charge is -2.30. The van der Waals surface area contributed by atoms with Crippen LogP contribution in [0.3, 0.4) is 0 Å². The zero-order chi connectivity index (χ0) is 13.4. The second-order valence-corrected chi connectivity index (χ2v) is 6.44. The number of benzene rings is 1. The molecule has 1 fully saturated rings. The standard InChI is InChI=1S/C12H15NO4S/c1-12(11(14)15)8-5-9-13(12)18(16,17)10-6-3-2-4-7-10/h2-4,6-7H,5,8-9H2,1H3,(H,14,15). The Kier molecular flexibility index (Phi) is 3.16. The van der Waals surface area contributed by atoms with Gasteiger partial charge in [0.25, 0.3) is 0 Å². The molecule has 0 spiro atoms. The molecule has 1 unspecified atom stereocenters. The molecule has 2 rings (SSSR count). The van der Waals surface area contributed by atoms with Gasteiger partial charge in [0.1, 0.15) is 5.54 Å². The minimum absolute atomic E-state index is 0.138. The second-order valence-electron chi connectivity index (χ2n) is 4.57. The van der Waals surface area contributed by atoms with E-state index in [0.717, 1.165) is 4.31 Å². The Morgan fingerprint density at radius 1 is 1.33 bits per heavy atom. The number of carbonyl (C=O) groups is 1. The quantitative estimate of drug-likeness (QED) is 0.898. The number of nitrogens with zero attached hydrogens (tertiary/aromatic N) is 1. The van der Waals surface area contributed by atoms with Crippen molar-refractivity contribution >= 4 is 16.0 Å². The normalized spacial score (nSPS) is 25.2. The topological polar surface area (TPSA) is 74.7 Å². The number of hydrogen-bond donors (Lipinski definition) is 1. The number of sulfonamides is 1. The first-order valence-electron chi connectivity index (χ1n) is 5.70. The molecule has 1 heterocycles. The van der Waals surface area contributed by atoms with Crippen LogP contribution in [0.4, 0.5) is 0 Å². The molecule has 1 N–H and O–H groups in total. The fourth-order valence-electron chi connectivity index (χ4n) is 2.26. The predicted molar refractivity (Wildman–Crippen MR) is 65.6 cm³/mol. The van der Waals surface area contributed by atoms with Crippen LogP contribution >= 0.6 is 0 Å². The van der Waals surface area contributed by atoms with E-state index in [-0.39, 0.29) is 11.4 Å². The molecule has 1 atom stereocenters. The van der Waals surface area contributed by atoms with Gasteiger partial charge in [-0.2, -0.15) is 4.31 Å². The first kappa shape index (κ1) is 13.0. The van der Waals surface area contributed by atoms with Gasteiger partial charge in [0, 0.05) is 6.54 Å². The van der Waals surface area contributed by atoms with E-state index in [1.807, 2.05) is 0 Å². The van der Waals surface area contributed by atoms with Crippen LogP contribution in [0, 0.1) is 0 Å². The molecule has 0 aliphatic carbocycles. The largest absolute Gasteiger partial charge is 0.480 e. The molecule has 1 saturated heterocycles. The summed E-state index contributed by atoms with van der Waals surface area (Å²) in [5.74, 6) is -1.10. The number of carboxylic acids is 1. The van der Waals surface area contributed by atoms with Crippen LogP contribution in [0.25, 0.3) is 0 Å². The molecule has 0 aromatic heterocycles. The van der Waals surface area contributed by atoms with Crippen LogP contribution in [0.15, 0.2) is 35.2 Å². The zero-order valence-corrected chi connectivity index (χ0v) is 10.9. The van der Waals surface area contributed by atoms with E-state index in [1.165, 1.54) is 19.1 Å². The fourth-order valence-corrected chi connectivity index (χ4v) is 4.08. The third kappa shape index (κ3) is 1.91. The summed E-state index contributed by atoms with van der Waals surface area (Å²) < 4.78 is 25.9. The number of rotatable bonds is 3. The first-order valence-corrected chi connectivity index (χ1v) is 7.14. The highest BCUT2D eigenvalue weighted by atomic mass is 32.2. The van der Waals surface area contributed by atoms with E-state index >= 15 is 0 Å². The SMILES string of the molecule is CC1(C(=O)O)CCCN1S(=O)(=O)c1ccccc1. The van der Waals surface area contributed by atoms with Gasteiger partial charge in [0.05, 0.1) is 4.90 Å². The van der Waals surface area contributed by atoms with E-state index in [0.29, 0.717) is 12.8 Å². The lowest BCUT2D eigenvalue weighted by atomic mass is 10.0. The van der Waals surface area contributed by atoms with Crippen molar-refractivity contribution in [2.45, 2.75) is 30.2 Å². The number of hydrogen-bond acceptors (Lipinski definition) is 3. The molecule has 6 heteroatoms. The molecule has 1 aliphatic heterocycles. The molecule has 0 radical (unpaired) electrons. The van der Waals surface area contributed by atoms with E-state index in [4.69, 9.17) is 0 Å². The van der Waals surface area contributed by atoms with Crippen LogP contribution < -0.4 is 0 Å². The summed E-state index contributed by atoms with van der Waals surface area (Å²) >= 11 is 0. The van der Waals surface area contributed by atoms with E-state index in [9.17, 15) is 18.3 Å². The summed E-state index contributed by atoms with van der Waals surface area (Å²) in [7, 11) is -3.74. The van der Waals surface area contributed by atoms with Gasteiger partial charge in [0.2, 0.25) is 10.0 Å². The van der Waals surface area contributed by atoms with Crippen molar-refractivity contribution < 1.29 is 18.3 Å². The van der Waals surface area contributed by atoms with E-state index in [1.54, 1.807) is 18.2 Å². The molecular formula is C12H15NO4S. The van der Waals surface area contributed by atoms with Crippen molar-refractivity contribution in [2.24, 2.45) is 0 Å². The van der Waals surface area contributed by atoms with Gasteiger partial charge < -0.3 is 5.11 Å². The molecule has 0 saturated carbocycles. The maximum atomic E-state index is 12.4. The van der Waals surface area contributed by atoms with Crippen LogP contribution in [-0.4, -0.2) is 35.9 Å². The summed E-state index contributed by atoms with van der Waals surface area (Å²) in [6.07, 6.45) is 0.906. The van der Waals surface area contributed by atoms with Gasteiger partial charge in [-0.25, -0.2) is 8.42 Å². The van der Waals surface area contributed by atoms with Crippen molar-refractivity contribution in [2.75, 3.05) is 6.54 Å². The molecule has 1 aliphatic rings. The van der Waals surface area contributed by atoms with Crippen LogP contribution in [0.1, 0.15) is 19.8 Å². The van der Waals surface area contributed by atoms with E-state index in [2.05, 4.69) is 0 Å². The van der Waals surface area contributed by atoms with Gasteiger partial charge in [-0.15, -0.1) is 0 Å². The smallest absolute Gasteiger partial charge is 0.324 e. The molecular weight excluding hydrogens is 254 g/mol. The Hall–Kier alpha value is -1.40. The molecule has 1 aromatic carbocycles. The van der Waals surface area contributed by atoms with Gasteiger partial charge in [-0.05, 0) is 31.9 Å². The van der Waals surface area contributed by atoms with Gasteiger partial charge in [0.15, 0.2) is 0 Å². The fraction of sp³-hybridized carbons (Fsp3) is 0.417. The van der Waals surface area contributed by atoms with Crippen molar-refractivity contribution in [1.82, 2.24) is 4.31 Å². The monoisotopic (exact) mass is 269 g/mol. The molecule has 18 heavy (non-hydrogen) atoms. The van der Waals surface area contributed by atoms with Crippen LogP contribution in [0.5, 0.6) is 0 Å². The molecule has 0 bridgehead atoms. The average Bonchev–Trinajstić information content (AvgIpc) is 2.75.